The van der Waals surface area contributed by atoms with Crippen molar-refractivity contribution in [1.82, 2.24) is 9.97 Å². The first kappa shape index (κ1) is 29.1. The molecule has 1 aliphatic carbocycles. The van der Waals surface area contributed by atoms with Crippen molar-refractivity contribution >= 4 is 56.6 Å². The molecular formula is C34H32ClN4O3S+. The fourth-order valence-corrected chi connectivity index (χ4v) is 6.88. The Hall–Kier alpha value is -3.98. The van der Waals surface area contributed by atoms with E-state index in [0.717, 1.165) is 60.0 Å². The number of halogens is 1. The molecule has 43 heavy (non-hydrogen) atoms. The van der Waals surface area contributed by atoms with Crippen LogP contribution >= 0.6 is 22.9 Å². The molecular weight excluding hydrogens is 580 g/mol. The number of aryl methyl sites for hydroxylation is 1. The molecule has 3 heterocycles. The molecule has 1 unspecified atom stereocenters. The van der Waals surface area contributed by atoms with E-state index in [1.54, 1.807) is 0 Å². The number of nitrogens with zero attached hydrogens (tertiary/aromatic N) is 4. The SMILES string of the molecule is CC1=CC(c2cc(-c3nc4cc(C)c([C@H](OC(C)(C)C)C(=O)O)c(-c5ccc(Cl)cc5)c4s3)ccn2)=CC2C=[N+](C)N=C12. The van der Waals surface area contributed by atoms with E-state index in [4.69, 9.17) is 26.3 Å². The summed E-state index contributed by atoms with van der Waals surface area (Å²) in [5.41, 5.74) is 8.20. The molecule has 1 N–H and O–H groups in total. The Morgan fingerprint density at radius 1 is 1.12 bits per heavy atom. The molecule has 0 radical (unpaired) electrons. The lowest BCUT2D eigenvalue weighted by Crippen LogP contribution is -2.28. The minimum Gasteiger partial charge on any atom is -0.479 e. The third-order valence-corrected chi connectivity index (χ3v) is 8.80. The molecule has 0 bridgehead atoms. The van der Waals surface area contributed by atoms with Gasteiger partial charge in [-0.2, -0.15) is 0 Å². The number of benzene rings is 2. The number of carbonyl (C=O) groups is 1. The number of allylic oxidation sites excluding steroid dienone is 4. The number of hydrazone groups is 1. The second-order valence-electron chi connectivity index (χ2n) is 11.9. The van der Waals surface area contributed by atoms with Crippen LogP contribution in [0.15, 0.2) is 71.5 Å². The lowest BCUT2D eigenvalue weighted by Gasteiger charge is -2.28. The van der Waals surface area contributed by atoms with E-state index in [2.05, 4.69) is 36.5 Å². The fraction of sp³-hybridized carbons (Fsp3) is 0.265. The Bertz CT molecular complexity index is 1910. The van der Waals surface area contributed by atoms with Crippen LogP contribution < -0.4 is 0 Å². The predicted octanol–water partition coefficient (Wildman–Crippen LogP) is 7.97. The lowest BCUT2D eigenvalue weighted by molar-refractivity contribution is -0.495. The van der Waals surface area contributed by atoms with Gasteiger partial charge in [-0.15, -0.1) is 11.3 Å². The van der Waals surface area contributed by atoms with Crippen LogP contribution in [-0.4, -0.2) is 50.3 Å². The molecule has 0 spiro atoms. The molecule has 2 aromatic heterocycles. The molecule has 1 aliphatic heterocycles. The summed E-state index contributed by atoms with van der Waals surface area (Å²) in [7, 11) is 1.94. The molecule has 7 nitrogen and oxygen atoms in total. The summed E-state index contributed by atoms with van der Waals surface area (Å²) >= 11 is 7.77. The Morgan fingerprint density at radius 2 is 1.86 bits per heavy atom. The molecule has 4 aromatic rings. The van der Waals surface area contributed by atoms with Crippen molar-refractivity contribution in [2.45, 2.75) is 46.3 Å². The zero-order valence-electron chi connectivity index (χ0n) is 24.8. The first-order valence-corrected chi connectivity index (χ1v) is 15.2. The van der Waals surface area contributed by atoms with Crippen molar-refractivity contribution in [1.29, 1.82) is 0 Å². The van der Waals surface area contributed by atoms with Crippen molar-refractivity contribution < 1.29 is 19.3 Å². The predicted molar refractivity (Wildman–Crippen MR) is 174 cm³/mol. The highest BCUT2D eigenvalue weighted by Crippen LogP contribution is 2.44. The molecule has 0 fully saturated rings. The lowest BCUT2D eigenvalue weighted by atomic mass is 9.89. The first-order chi connectivity index (χ1) is 20.4. The van der Waals surface area contributed by atoms with Crippen molar-refractivity contribution in [3.8, 4) is 21.7 Å². The van der Waals surface area contributed by atoms with Gasteiger partial charge in [0, 0.05) is 27.9 Å². The van der Waals surface area contributed by atoms with Gasteiger partial charge >= 0.3 is 5.97 Å². The van der Waals surface area contributed by atoms with E-state index in [-0.39, 0.29) is 5.92 Å². The molecule has 218 valence electrons. The van der Waals surface area contributed by atoms with Crippen molar-refractivity contribution in [2.24, 2.45) is 11.0 Å². The highest BCUT2D eigenvalue weighted by Gasteiger charge is 2.33. The molecule has 6 rings (SSSR count). The van der Waals surface area contributed by atoms with Gasteiger partial charge in [-0.25, -0.2) is 9.78 Å². The third kappa shape index (κ3) is 5.70. The molecule has 2 atom stereocenters. The zero-order chi connectivity index (χ0) is 30.6. The van der Waals surface area contributed by atoms with Crippen LogP contribution in [0.5, 0.6) is 0 Å². The summed E-state index contributed by atoms with van der Waals surface area (Å²) in [6.07, 6.45) is 7.05. The number of carboxylic acids is 1. The number of rotatable bonds is 6. The fourth-order valence-electron chi connectivity index (χ4n) is 5.63. The van der Waals surface area contributed by atoms with E-state index >= 15 is 0 Å². The number of thiazole rings is 1. The van der Waals surface area contributed by atoms with E-state index < -0.39 is 17.7 Å². The highest BCUT2D eigenvalue weighted by atomic mass is 35.5. The maximum absolute atomic E-state index is 12.6. The van der Waals surface area contributed by atoms with Crippen molar-refractivity contribution in [3.05, 3.63) is 88.2 Å². The Labute approximate surface area is 259 Å². The standard InChI is InChI=1S/C34H31ClN4O3S/c1-18-14-26-31(28(20-7-9-24(35)10-8-20)27(18)30(33(40)41)42-34(3,4)5)43-32(37-26)21-11-12-36-25(16-21)22-13-19(2)29-23(15-22)17-39(6)38-29/h7-17,23,30H,1-6H3/p+1/t23?,30-/m0/s1. The maximum Gasteiger partial charge on any atom is 0.337 e. The second kappa shape index (κ2) is 10.9. The summed E-state index contributed by atoms with van der Waals surface area (Å²) in [5, 5.41) is 16.4. The average Bonchev–Trinajstić information content (AvgIpc) is 3.54. The molecule has 2 aliphatic rings. The number of hydrogen-bond acceptors (Lipinski definition) is 6. The minimum absolute atomic E-state index is 0.124. The van der Waals surface area contributed by atoms with Crippen LogP contribution in [0.3, 0.4) is 0 Å². The van der Waals surface area contributed by atoms with Crippen LogP contribution in [-0.2, 0) is 9.53 Å². The van der Waals surface area contributed by atoms with Crippen LogP contribution in [0.25, 0.3) is 37.5 Å². The third-order valence-electron chi connectivity index (χ3n) is 7.41. The largest absolute Gasteiger partial charge is 0.479 e. The van der Waals surface area contributed by atoms with Gasteiger partial charge in [0.1, 0.15) is 16.6 Å². The number of hydrogen-bond donors (Lipinski definition) is 1. The Morgan fingerprint density at radius 3 is 2.56 bits per heavy atom. The normalized spacial score (nSPS) is 17.2. The van der Waals surface area contributed by atoms with Gasteiger partial charge in [-0.3, -0.25) is 4.98 Å². The monoisotopic (exact) mass is 611 g/mol. The number of pyridine rings is 1. The summed E-state index contributed by atoms with van der Waals surface area (Å²) in [6.45, 7) is 9.58. The maximum atomic E-state index is 12.6. The first-order valence-electron chi connectivity index (χ1n) is 14.0. The van der Waals surface area contributed by atoms with Gasteiger partial charge in [-0.1, -0.05) is 34.5 Å². The van der Waals surface area contributed by atoms with Gasteiger partial charge in [0.15, 0.2) is 19.4 Å². The van der Waals surface area contributed by atoms with E-state index in [0.29, 0.717) is 10.6 Å². The van der Waals surface area contributed by atoms with Crippen molar-refractivity contribution in [2.75, 3.05) is 7.05 Å². The van der Waals surface area contributed by atoms with Crippen molar-refractivity contribution in [3.63, 3.8) is 0 Å². The van der Waals surface area contributed by atoms with Gasteiger partial charge in [0.2, 0.25) is 0 Å². The van der Waals surface area contributed by atoms with Crippen LogP contribution in [0.1, 0.15) is 50.6 Å². The Balaban J connectivity index is 1.51. The quantitative estimate of drug-likeness (QED) is 0.223. The number of ether oxygens (including phenoxy) is 1. The number of aromatic nitrogens is 2. The summed E-state index contributed by atoms with van der Waals surface area (Å²) < 4.78 is 8.89. The van der Waals surface area contributed by atoms with Crippen LogP contribution in [0, 0.1) is 12.8 Å². The van der Waals surface area contributed by atoms with Crippen LogP contribution in [0.2, 0.25) is 5.02 Å². The average molecular weight is 612 g/mol. The van der Waals surface area contributed by atoms with Gasteiger partial charge in [0.25, 0.3) is 0 Å². The van der Waals surface area contributed by atoms with E-state index in [1.165, 1.54) is 11.3 Å². The van der Waals surface area contributed by atoms with Crippen LogP contribution in [0.4, 0.5) is 0 Å². The smallest absolute Gasteiger partial charge is 0.337 e. The molecule has 0 amide bonds. The van der Waals surface area contributed by atoms with Gasteiger partial charge in [0.05, 0.1) is 21.5 Å². The molecule has 9 heteroatoms. The Kier molecular flexibility index (Phi) is 7.40. The minimum atomic E-state index is -1.17. The van der Waals surface area contributed by atoms with Gasteiger partial charge < -0.3 is 9.84 Å². The topological polar surface area (TPSA) is 87.7 Å². The summed E-state index contributed by atoms with van der Waals surface area (Å²) in [5.74, 6) is -0.919. The summed E-state index contributed by atoms with van der Waals surface area (Å²) in [6, 6.07) is 13.4. The van der Waals surface area contributed by atoms with E-state index in [9.17, 15) is 9.90 Å². The zero-order valence-corrected chi connectivity index (χ0v) is 26.4. The molecule has 0 saturated carbocycles. The summed E-state index contributed by atoms with van der Waals surface area (Å²) in [4.78, 5) is 22.4. The number of fused-ring (bicyclic) bond motifs is 2. The molecule has 0 saturated heterocycles. The van der Waals surface area contributed by atoms with E-state index in [1.807, 2.05) is 82.0 Å². The number of carboxylic acid groups (broad SMARTS) is 1. The second-order valence-corrected chi connectivity index (χ2v) is 13.4. The molecule has 2 aromatic carbocycles. The number of aliphatic carboxylic acids is 1. The van der Waals surface area contributed by atoms with Gasteiger partial charge in [-0.05, 0) is 98.4 Å². The highest BCUT2D eigenvalue weighted by molar-refractivity contribution is 7.22.